The first kappa shape index (κ1) is 21.6. The Bertz CT molecular complexity index is 770. The van der Waals surface area contributed by atoms with Crippen LogP contribution in [0.4, 0.5) is 13.2 Å². The van der Waals surface area contributed by atoms with Gasteiger partial charge in [-0.1, -0.05) is 30.3 Å². The highest BCUT2D eigenvalue weighted by atomic mass is 19.3. The quantitative estimate of drug-likeness (QED) is 0.530. The minimum Gasteiger partial charge on any atom is -0.435 e. The topological polar surface area (TPSA) is 57.1 Å². The molecule has 2 aromatic rings. The SMILES string of the molecule is CCNC(=NCC(O)c1ccccc1F)N(C)Cc1ccc(OC(F)F)cc1. The summed E-state index contributed by atoms with van der Waals surface area (Å²) in [6.45, 7) is 0.111. The summed E-state index contributed by atoms with van der Waals surface area (Å²) in [5.41, 5.74) is 1.06. The maximum Gasteiger partial charge on any atom is 0.387 e. The number of hydrogen-bond donors (Lipinski definition) is 2. The van der Waals surface area contributed by atoms with Gasteiger partial charge >= 0.3 is 6.61 Å². The number of benzene rings is 2. The normalized spacial score (nSPS) is 12.8. The molecular formula is C20H24F3N3O2. The van der Waals surface area contributed by atoms with E-state index in [1.165, 1.54) is 24.3 Å². The van der Waals surface area contributed by atoms with Crippen molar-refractivity contribution in [3.63, 3.8) is 0 Å². The molecule has 5 nitrogen and oxygen atoms in total. The van der Waals surface area contributed by atoms with E-state index in [2.05, 4.69) is 15.0 Å². The molecule has 1 atom stereocenters. The Morgan fingerprint density at radius 1 is 1.18 bits per heavy atom. The maximum absolute atomic E-state index is 13.8. The summed E-state index contributed by atoms with van der Waals surface area (Å²) in [4.78, 5) is 6.19. The molecule has 2 N–H and O–H groups in total. The van der Waals surface area contributed by atoms with Gasteiger partial charge in [0.05, 0.1) is 6.54 Å². The van der Waals surface area contributed by atoms with Crippen molar-refractivity contribution in [2.24, 2.45) is 4.99 Å². The van der Waals surface area contributed by atoms with Crippen LogP contribution >= 0.6 is 0 Å². The fourth-order valence-corrected chi connectivity index (χ4v) is 2.61. The van der Waals surface area contributed by atoms with E-state index in [4.69, 9.17) is 0 Å². The number of nitrogens with zero attached hydrogens (tertiary/aromatic N) is 2. The van der Waals surface area contributed by atoms with Gasteiger partial charge in [0.1, 0.15) is 17.7 Å². The molecule has 0 aliphatic carbocycles. The van der Waals surface area contributed by atoms with Gasteiger partial charge in [-0.3, -0.25) is 4.99 Å². The average molecular weight is 395 g/mol. The third kappa shape index (κ3) is 6.45. The number of halogens is 3. The number of alkyl halides is 2. The molecule has 1 unspecified atom stereocenters. The molecule has 0 fully saturated rings. The van der Waals surface area contributed by atoms with Crippen molar-refractivity contribution in [2.45, 2.75) is 26.2 Å². The number of aliphatic hydroxyl groups excluding tert-OH is 1. The summed E-state index contributed by atoms with van der Waals surface area (Å²) in [5.74, 6) is 0.149. The third-order valence-corrected chi connectivity index (χ3v) is 3.94. The molecule has 2 rings (SSSR count). The summed E-state index contributed by atoms with van der Waals surface area (Å²) in [5, 5.41) is 13.3. The number of ether oxygens (including phenoxy) is 1. The lowest BCUT2D eigenvalue weighted by atomic mass is 10.1. The van der Waals surface area contributed by atoms with Gasteiger partial charge in [-0.25, -0.2) is 4.39 Å². The molecule has 0 amide bonds. The number of aliphatic hydroxyl groups is 1. The molecule has 8 heteroatoms. The fraction of sp³-hybridized carbons (Fsp3) is 0.350. The zero-order chi connectivity index (χ0) is 20.5. The predicted octanol–water partition coefficient (Wildman–Crippen LogP) is 3.56. The molecule has 0 aromatic heterocycles. The van der Waals surface area contributed by atoms with Gasteiger partial charge in [0.2, 0.25) is 0 Å². The summed E-state index contributed by atoms with van der Waals surface area (Å²) in [7, 11) is 1.81. The zero-order valence-corrected chi connectivity index (χ0v) is 15.8. The van der Waals surface area contributed by atoms with Crippen molar-refractivity contribution < 1.29 is 23.0 Å². The second kappa shape index (κ2) is 10.6. The van der Waals surface area contributed by atoms with Gasteiger partial charge in [0.15, 0.2) is 5.96 Å². The predicted molar refractivity (Wildman–Crippen MR) is 102 cm³/mol. The first-order valence-electron chi connectivity index (χ1n) is 8.86. The monoisotopic (exact) mass is 395 g/mol. The number of rotatable bonds is 8. The van der Waals surface area contributed by atoms with Crippen molar-refractivity contribution in [1.29, 1.82) is 0 Å². The zero-order valence-electron chi connectivity index (χ0n) is 15.8. The molecule has 0 saturated heterocycles. The Hall–Kier alpha value is -2.74. The summed E-state index contributed by atoms with van der Waals surface area (Å²) >= 11 is 0. The van der Waals surface area contributed by atoms with Crippen LogP contribution in [0.5, 0.6) is 5.75 Å². The van der Waals surface area contributed by atoms with Crippen molar-refractivity contribution in [1.82, 2.24) is 10.2 Å². The summed E-state index contributed by atoms with van der Waals surface area (Å²) < 4.78 is 42.6. The number of guanidine groups is 1. The number of nitrogens with one attached hydrogen (secondary N) is 1. The Balaban J connectivity index is 2.03. The largest absolute Gasteiger partial charge is 0.435 e. The molecule has 0 saturated carbocycles. The van der Waals surface area contributed by atoms with Crippen molar-refractivity contribution >= 4 is 5.96 Å². The lowest BCUT2D eigenvalue weighted by Crippen LogP contribution is -2.38. The Morgan fingerprint density at radius 3 is 2.46 bits per heavy atom. The lowest BCUT2D eigenvalue weighted by molar-refractivity contribution is -0.0498. The standard InChI is InChI=1S/C20H24F3N3O2/c1-3-24-20(25-12-18(27)16-6-4-5-7-17(16)21)26(2)13-14-8-10-15(11-9-14)28-19(22)23/h4-11,18-19,27H,3,12-13H2,1-2H3,(H,24,25). The molecule has 0 bridgehead atoms. The van der Waals surface area contributed by atoms with Crippen molar-refractivity contribution in [2.75, 3.05) is 20.1 Å². The molecule has 28 heavy (non-hydrogen) atoms. The highest BCUT2D eigenvalue weighted by molar-refractivity contribution is 5.79. The van der Waals surface area contributed by atoms with Crippen LogP contribution in [0.3, 0.4) is 0 Å². The van der Waals surface area contributed by atoms with Gasteiger partial charge in [-0.05, 0) is 30.7 Å². The van der Waals surface area contributed by atoms with Crippen LogP contribution in [0.25, 0.3) is 0 Å². The van der Waals surface area contributed by atoms with Crippen LogP contribution in [0, 0.1) is 5.82 Å². The van der Waals surface area contributed by atoms with Crippen LogP contribution in [0.2, 0.25) is 0 Å². The summed E-state index contributed by atoms with van der Waals surface area (Å²) in [6.07, 6.45) is -1.06. The second-order valence-electron chi connectivity index (χ2n) is 6.11. The highest BCUT2D eigenvalue weighted by Gasteiger charge is 2.13. The smallest absolute Gasteiger partial charge is 0.387 e. The molecule has 0 radical (unpaired) electrons. The lowest BCUT2D eigenvalue weighted by Gasteiger charge is -2.23. The molecule has 0 heterocycles. The van der Waals surface area contributed by atoms with E-state index in [9.17, 15) is 18.3 Å². The summed E-state index contributed by atoms with van der Waals surface area (Å²) in [6, 6.07) is 12.4. The van der Waals surface area contributed by atoms with Gasteiger partial charge in [-0.15, -0.1) is 0 Å². The van der Waals surface area contributed by atoms with E-state index >= 15 is 0 Å². The minimum atomic E-state index is -2.86. The minimum absolute atomic E-state index is 0.00519. The Morgan fingerprint density at radius 2 is 1.86 bits per heavy atom. The maximum atomic E-state index is 13.8. The number of hydrogen-bond acceptors (Lipinski definition) is 3. The average Bonchev–Trinajstić information content (AvgIpc) is 2.66. The van der Waals surface area contributed by atoms with Crippen LogP contribution in [-0.4, -0.2) is 42.7 Å². The first-order valence-corrected chi connectivity index (χ1v) is 8.86. The van der Waals surface area contributed by atoms with Crippen LogP contribution in [0.15, 0.2) is 53.5 Å². The van der Waals surface area contributed by atoms with Gasteiger partial charge in [0, 0.05) is 25.7 Å². The molecule has 0 aliphatic rings. The molecule has 152 valence electrons. The van der Waals surface area contributed by atoms with E-state index in [0.29, 0.717) is 19.0 Å². The third-order valence-electron chi connectivity index (χ3n) is 3.94. The van der Waals surface area contributed by atoms with Gasteiger partial charge < -0.3 is 20.1 Å². The van der Waals surface area contributed by atoms with E-state index in [-0.39, 0.29) is 17.9 Å². The van der Waals surface area contributed by atoms with Crippen LogP contribution in [-0.2, 0) is 6.54 Å². The molecule has 0 spiro atoms. The molecule has 2 aromatic carbocycles. The highest BCUT2D eigenvalue weighted by Crippen LogP contribution is 2.18. The molecular weight excluding hydrogens is 371 g/mol. The van der Waals surface area contributed by atoms with E-state index in [1.54, 1.807) is 31.3 Å². The second-order valence-corrected chi connectivity index (χ2v) is 6.11. The number of aliphatic imine (C=N–C) groups is 1. The van der Waals surface area contributed by atoms with E-state index < -0.39 is 18.5 Å². The fourth-order valence-electron chi connectivity index (χ4n) is 2.61. The van der Waals surface area contributed by atoms with Crippen molar-refractivity contribution in [3.05, 3.63) is 65.5 Å². The Labute approximate surface area is 162 Å². The van der Waals surface area contributed by atoms with E-state index in [0.717, 1.165) is 5.56 Å². The van der Waals surface area contributed by atoms with Gasteiger partial charge in [-0.2, -0.15) is 8.78 Å². The molecule has 0 aliphatic heterocycles. The van der Waals surface area contributed by atoms with Crippen LogP contribution < -0.4 is 10.1 Å². The van der Waals surface area contributed by atoms with Crippen molar-refractivity contribution in [3.8, 4) is 5.75 Å². The Kier molecular flexibility index (Phi) is 8.13. The van der Waals surface area contributed by atoms with Gasteiger partial charge in [0.25, 0.3) is 0 Å². The first-order chi connectivity index (χ1) is 13.4. The van der Waals surface area contributed by atoms with Crippen LogP contribution in [0.1, 0.15) is 24.2 Å². The van der Waals surface area contributed by atoms with E-state index in [1.807, 2.05) is 11.8 Å².